The lowest BCUT2D eigenvalue weighted by molar-refractivity contribution is 0.0395. The van der Waals surface area contributed by atoms with Crippen LogP contribution >= 0.6 is 11.3 Å². The topological polar surface area (TPSA) is 45.4 Å². The van der Waals surface area contributed by atoms with E-state index in [1.807, 2.05) is 5.51 Å². The third kappa shape index (κ3) is 3.54. The molecular weight excluding hydrogens is 256 g/mol. The molecule has 1 fully saturated rings. The first-order chi connectivity index (χ1) is 9.20. The van der Waals surface area contributed by atoms with Gasteiger partial charge in [-0.3, -0.25) is 4.90 Å². The number of piperidine rings is 1. The maximum atomic E-state index is 6.11. The van der Waals surface area contributed by atoms with Gasteiger partial charge in [0.05, 0.1) is 11.2 Å². The predicted molar refractivity (Wildman–Crippen MR) is 81.3 cm³/mol. The Balaban J connectivity index is 1.95. The minimum Gasteiger partial charge on any atom is -0.329 e. The largest absolute Gasteiger partial charge is 0.329 e. The highest BCUT2D eigenvalue weighted by Crippen LogP contribution is 2.28. The fraction of sp³-hybridized carbons (Fsp3) is 0.786. The van der Waals surface area contributed by atoms with Crippen LogP contribution in [0, 0.1) is 0 Å². The molecule has 0 aromatic carbocycles. The first-order valence-corrected chi connectivity index (χ1v) is 8.15. The Bertz CT molecular complexity index is 358. The van der Waals surface area contributed by atoms with Gasteiger partial charge in [-0.2, -0.15) is 0 Å². The lowest BCUT2D eigenvalue weighted by Crippen LogP contribution is -2.57. The average Bonchev–Trinajstić information content (AvgIpc) is 2.93. The van der Waals surface area contributed by atoms with Gasteiger partial charge in [0.25, 0.3) is 0 Å². The normalized spacial score (nSPS) is 20.0. The van der Waals surface area contributed by atoms with E-state index in [-0.39, 0.29) is 5.54 Å². The van der Waals surface area contributed by atoms with Crippen molar-refractivity contribution in [2.45, 2.75) is 38.3 Å². The summed E-state index contributed by atoms with van der Waals surface area (Å²) in [6.45, 7) is 7.47. The van der Waals surface area contributed by atoms with Crippen LogP contribution in [0.2, 0.25) is 0 Å². The molecule has 19 heavy (non-hydrogen) atoms. The highest BCUT2D eigenvalue weighted by Gasteiger charge is 2.36. The van der Waals surface area contributed by atoms with Crippen molar-refractivity contribution in [2.75, 3.05) is 33.2 Å². The Kier molecular flexibility index (Phi) is 5.33. The number of hydrogen-bond donors (Lipinski definition) is 1. The molecule has 1 saturated heterocycles. The van der Waals surface area contributed by atoms with Crippen molar-refractivity contribution in [3.05, 3.63) is 16.6 Å². The highest BCUT2D eigenvalue weighted by molar-refractivity contribution is 7.07. The highest BCUT2D eigenvalue weighted by atomic mass is 32.1. The van der Waals surface area contributed by atoms with Gasteiger partial charge in [0.1, 0.15) is 0 Å². The summed E-state index contributed by atoms with van der Waals surface area (Å²) < 4.78 is 0. The molecule has 2 heterocycles. The molecule has 0 radical (unpaired) electrons. The van der Waals surface area contributed by atoms with Gasteiger partial charge in [0, 0.05) is 24.0 Å². The zero-order valence-electron chi connectivity index (χ0n) is 12.1. The summed E-state index contributed by atoms with van der Waals surface area (Å²) in [5, 5.41) is 2.13. The van der Waals surface area contributed by atoms with Gasteiger partial charge in [0.2, 0.25) is 0 Å². The van der Waals surface area contributed by atoms with Crippen molar-refractivity contribution in [2.24, 2.45) is 5.73 Å². The molecule has 0 saturated carbocycles. The molecule has 0 spiro atoms. The van der Waals surface area contributed by atoms with Crippen molar-refractivity contribution in [3.8, 4) is 0 Å². The third-order valence-corrected chi connectivity index (χ3v) is 5.03. The number of aromatic nitrogens is 1. The van der Waals surface area contributed by atoms with Crippen molar-refractivity contribution >= 4 is 11.3 Å². The van der Waals surface area contributed by atoms with Crippen LogP contribution < -0.4 is 5.73 Å². The van der Waals surface area contributed by atoms with E-state index in [0.717, 1.165) is 18.8 Å². The van der Waals surface area contributed by atoms with Crippen LogP contribution in [0.25, 0.3) is 0 Å². The zero-order valence-corrected chi connectivity index (χ0v) is 13.0. The van der Waals surface area contributed by atoms with Crippen LogP contribution in [0.15, 0.2) is 10.9 Å². The van der Waals surface area contributed by atoms with E-state index in [1.54, 1.807) is 11.3 Å². The van der Waals surface area contributed by atoms with Crippen molar-refractivity contribution < 1.29 is 0 Å². The predicted octanol–water partition coefficient (Wildman–Crippen LogP) is 1.78. The molecule has 1 aliphatic heterocycles. The van der Waals surface area contributed by atoms with Crippen LogP contribution in [-0.4, -0.2) is 53.5 Å². The molecule has 0 unspecified atom stereocenters. The Morgan fingerprint density at radius 2 is 2.21 bits per heavy atom. The summed E-state index contributed by atoms with van der Waals surface area (Å²) in [6, 6.07) is 0. The minimum absolute atomic E-state index is 0.161. The Morgan fingerprint density at radius 1 is 1.47 bits per heavy atom. The maximum Gasteiger partial charge on any atom is 0.0795 e. The SMILES string of the molecule is CCCN1CCC(CN)(N(C)Cc2cscn2)CC1. The Labute approximate surface area is 120 Å². The van der Waals surface area contributed by atoms with E-state index in [2.05, 4.69) is 34.1 Å². The molecule has 2 rings (SSSR count). The summed E-state index contributed by atoms with van der Waals surface area (Å²) >= 11 is 1.66. The molecule has 0 atom stereocenters. The van der Waals surface area contributed by atoms with E-state index in [4.69, 9.17) is 5.73 Å². The average molecular weight is 282 g/mol. The van der Waals surface area contributed by atoms with Gasteiger partial charge in [-0.15, -0.1) is 11.3 Å². The first-order valence-electron chi connectivity index (χ1n) is 7.21. The number of nitrogens with zero attached hydrogens (tertiary/aromatic N) is 3. The van der Waals surface area contributed by atoms with Crippen LogP contribution in [0.4, 0.5) is 0 Å². The second-order valence-electron chi connectivity index (χ2n) is 5.61. The fourth-order valence-electron chi connectivity index (χ4n) is 2.98. The molecule has 0 bridgehead atoms. The molecule has 4 nitrogen and oxygen atoms in total. The van der Waals surface area contributed by atoms with Gasteiger partial charge in [-0.05, 0) is 45.9 Å². The van der Waals surface area contributed by atoms with E-state index >= 15 is 0 Å². The zero-order chi connectivity index (χ0) is 13.7. The van der Waals surface area contributed by atoms with Crippen LogP contribution in [0.3, 0.4) is 0 Å². The number of nitrogens with two attached hydrogens (primary N) is 1. The van der Waals surface area contributed by atoms with Crippen molar-refractivity contribution in [1.82, 2.24) is 14.8 Å². The van der Waals surface area contributed by atoms with Gasteiger partial charge in [-0.1, -0.05) is 6.92 Å². The quantitative estimate of drug-likeness (QED) is 0.864. The van der Waals surface area contributed by atoms with Gasteiger partial charge in [-0.25, -0.2) is 4.98 Å². The number of likely N-dealkylation sites (tertiary alicyclic amines) is 1. The van der Waals surface area contributed by atoms with E-state index in [0.29, 0.717) is 0 Å². The number of thiazole rings is 1. The molecule has 0 amide bonds. The van der Waals surface area contributed by atoms with Crippen LogP contribution in [0.5, 0.6) is 0 Å². The molecular formula is C14H26N4S. The van der Waals surface area contributed by atoms with Gasteiger partial charge in [0.15, 0.2) is 0 Å². The lowest BCUT2D eigenvalue weighted by Gasteiger charge is -2.46. The van der Waals surface area contributed by atoms with Crippen molar-refractivity contribution in [3.63, 3.8) is 0 Å². The van der Waals surface area contributed by atoms with E-state index in [9.17, 15) is 0 Å². The number of likely N-dealkylation sites (N-methyl/N-ethyl adjacent to an activating group) is 1. The summed E-state index contributed by atoms with van der Waals surface area (Å²) in [4.78, 5) is 9.37. The standard InChI is InChI=1S/C14H26N4S/c1-3-6-18-7-4-14(11-15,5-8-18)17(2)9-13-10-19-12-16-13/h10,12H,3-9,11,15H2,1-2H3. The first kappa shape index (κ1) is 14.9. The second kappa shape index (κ2) is 6.79. The molecule has 1 aromatic rings. The lowest BCUT2D eigenvalue weighted by atomic mass is 9.85. The van der Waals surface area contributed by atoms with Crippen LogP contribution in [-0.2, 0) is 6.54 Å². The summed E-state index contributed by atoms with van der Waals surface area (Å²) in [5.74, 6) is 0. The second-order valence-corrected chi connectivity index (χ2v) is 6.32. The molecule has 1 aromatic heterocycles. The maximum absolute atomic E-state index is 6.11. The number of hydrogen-bond acceptors (Lipinski definition) is 5. The molecule has 5 heteroatoms. The summed E-state index contributed by atoms with van der Waals surface area (Å²) in [7, 11) is 2.20. The molecule has 0 aliphatic carbocycles. The van der Waals surface area contributed by atoms with Crippen LogP contribution in [0.1, 0.15) is 31.9 Å². The van der Waals surface area contributed by atoms with E-state index < -0.39 is 0 Å². The summed E-state index contributed by atoms with van der Waals surface area (Å²) in [5.41, 5.74) is 9.34. The molecule has 2 N–H and O–H groups in total. The number of rotatable bonds is 6. The third-order valence-electron chi connectivity index (χ3n) is 4.40. The Morgan fingerprint density at radius 3 is 2.74 bits per heavy atom. The molecule has 1 aliphatic rings. The van der Waals surface area contributed by atoms with Gasteiger partial charge >= 0.3 is 0 Å². The monoisotopic (exact) mass is 282 g/mol. The molecule has 108 valence electrons. The van der Waals surface area contributed by atoms with E-state index in [1.165, 1.54) is 38.9 Å². The Hall–Kier alpha value is -0.490. The van der Waals surface area contributed by atoms with Gasteiger partial charge < -0.3 is 10.6 Å². The fourth-order valence-corrected chi connectivity index (χ4v) is 3.53. The van der Waals surface area contributed by atoms with Crippen molar-refractivity contribution in [1.29, 1.82) is 0 Å². The minimum atomic E-state index is 0.161. The smallest absolute Gasteiger partial charge is 0.0795 e. The summed E-state index contributed by atoms with van der Waals surface area (Å²) in [6.07, 6.45) is 3.58.